The molecule has 1 heterocycles. The highest BCUT2D eigenvalue weighted by Gasteiger charge is 2.27. The molecular weight excluding hydrogens is 240 g/mol. The lowest BCUT2D eigenvalue weighted by Crippen LogP contribution is -2.45. The standard InChI is InChI=1S/C15H22N2O2/c1-15(2,3)12-4-6-13(7-5-12)17-9-11(8-16)10-19-14(17)18/h4-7,11H,8-10,16H2,1-3H3. The molecule has 1 saturated heterocycles. The van der Waals surface area contributed by atoms with E-state index in [0.29, 0.717) is 19.7 Å². The predicted octanol–water partition coefficient (Wildman–Crippen LogP) is 2.52. The molecule has 4 nitrogen and oxygen atoms in total. The summed E-state index contributed by atoms with van der Waals surface area (Å²) in [6, 6.07) is 8.07. The Bertz CT molecular complexity index is 448. The topological polar surface area (TPSA) is 55.6 Å². The van der Waals surface area contributed by atoms with Crippen molar-refractivity contribution in [2.24, 2.45) is 11.7 Å². The highest BCUT2D eigenvalue weighted by molar-refractivity contribution is 5.88. The van der Waals surface area contributed by atoms with E-state index in [4.69, 9.17) is 10.5 Å². The van der Waals surface area contributed by atoms with Gasteiger partial charge in [0.25, 0.3) is 0 Å². The van der Waals surface area contributed by atoms with Gasteiger partial charge in [0.15, 0.2) is 0 Å². The quantitative estimate of drug-likeness (QED) is 0.891. The van der Waals surface area contributed by atoms with Crippen LogP contribution in [-0.2, 0) is 10.2 Å². The molecule has 0 aromatic heterocycles. The van der Waals surface area contributed by atoms with Crippen molar-refractivity contribution in [1.82, 2.24) is 0 Å². The summed E-state index contributed by atoms with van der Waals surface area (Å²) in [6.45, 7) is 8.09. The summed E-state index contributed by atoms with van der Waals surface area (Å²) in [4.78, 5) is 13.5. The summed E-state index contributed by atoms with van der Waals surface area (Å²) >= 11 is 0. The van der Waals surface area contributed by atoms with Crippen molar-refractivity contribution >= 4 is 11.8 Å². The number of carbonyl (C=O) groups is 1. The Hall–Kier alpha value is -1.55. The number of benzene rings is 1. The number of hydrogen-bond acceptors (Lipinski definition) is 3. The van der Waals surface area contributed by atoms with Gasteiger partial charge in [0, 0.05) is 24.7 Å². The van der Waals surface area contributed by atoms with Gasteiger partial charge in [-0.25, -0.2) is 4.79 Å². The van der Waals surface area contributed by atoms with E-state index in [1.807, 2.05) is 12.1 Å². The number of rotatable bonds is 2. The maximum atomic E-state index is 11.8. The number of cyclic esters (lactones) is 1. The third-order valence-corrected chi connectivity index (χ3v) is 3.48. The fourth-order valence-electron chi connectivity index (χ4n) is 2.15. The number of nitrogens with two attached hydrogens (primary N) is 1. The molecule has 1 atom stereocenters. The fourth-order valence-corrected chi connectivity index (χ4v) is 2.15. The molecule has 104 valence electrons. The lowest BCUT2D eigenvalue weighted by atomic mass is 9.87. The van der Waals surface area contributed by atoms with Gasteiger partial charge in [-0.1, -0.05) is 32.9 Å². The molecule has 1 amide bonds. The molecular formula is C15H22N2O2. The zero-order chi connectivity index (χ0) is 14.0. The molecule has 1 unspecified atom stereocenters. The van der Waals surface area contributed by atoms with Crippen molar-refractivity contribution in [3.63, 3.8) is 0 Å². The van der Waals surface area contributed by atoms with Gasteiger partial charge in [-0.2, -0.15) is 0 Å². The van der Waals surface area contributed by atoms with Crippen molar-refractivity contribution in [2.45, 2.75) is 26.2 Å². The Morgan fingerprint density at radius 3 is 2.47 bits per heavy atom. The minimum absolute atomic E-state index is 0.112. The molecule has 1 aromatic rings. The number of anilines is 1. The Labute approximate surface area is 114 Å². The van der Waals surface area contributed by atoms with Crippen LogP contribution in [0.4, 0.5) is 10.5 Å². The molecule has 0 aliphatic carbocycles. The van der Waals surface area contributed by atoms with E-state index in [9.17, 15) is 4.79 Å². The smallest absolute Gasteiger partial charge is 0.414 e. The van der Waals surface area contributed by atoms with Crippen LogP contribution in [-0.4, -0.2) is 25.8 Å². The van der Waals surface area contributed by atoms with Crippen molar-refractivity contribution in [1.29, 1.82) is 0 Å². The average Bonchev–Trinajstić information content (AvgIpc) is 2.38. The summed E-state index contributed by atoms with van der Waals surface area (Å²) < 4.78 is 5.15. The second kappa shape index (κ2) is 5.21. The van der Waals surface area contributed by atoms with Crippen LogP contribution in [0.25, 0.3) is 0 Å². The highest BCUT2D eigenvalue weighted by atomic mass is 16.6. The zero-order valence-electron chi connectivity index (χ0n) is 11.8. The second-order valence-electron chi connectivity index (χ2n) is 6.09. The predicted molar refractivity (Wildman–Crippen MR) is 76.4 cm³/mol. The fraction of sp³-hybridized carbons (Fsp3) is 0.533. The van der Waals surface area contributed by atoms with Crippen LogP contribution >= 0.6 is 0 Å². The third kappa shape index (κ3) is 3.07. The van der Waals surface area contributed by atoms with Crippen LogP contribution in [0.5, 0.6) is 0 Å². The van der Waals surface area contributed by atoms with Gasteiger partial charge in [0.1, 0.15) is 0 Å². The molecule has 2 rings (SSSR count). The number of ether oxygens (including phenoxy) is 1. The van der Waals surface area contributed by atoms with Crippen molar-refractivity contribution < 1.29 is 9.53 Å². The maximum absolute atomic E-state index is 11.8. The van der Waals surface area contributed by atoms with E-state index in [2.05, 4.69) is 32.9 Å². The number of hydrogen-bond donors (Lipinski definition) is 1. The maximum Gasteiger partial charge on any atom is 0.414 e. The Morgan fingerprint density at radius 2 is 1.95 bits per heavy atom. The lowest BCUT2D eigenvalue weighted by molar-refractivity contribution is 0.117. The second-order valence-corrected chi connectivity index (χ2v) is 6.09. The Kier molecular flexibility index (Phi) is 3.80. The minimum Gasteiger partial charge on any atom is -0.449 e. The van der Waals surface area contributed by atoms with E-state index in [1.165, 1.54) is 5.56 Å². The van der Waals surface area contributed by atoms with Gasteiger partial charge in [-0.15, -0.1) is 0 Å². The first-order chi connectivity index (χ1) is 8.91. The first kappa shape index (κ1) is 13.9. The van der Waals surface area contributed by atoms with Gasteiger partial charge >= 0.3 is 6.09 Å². The highest BCUT2D eigenvalue weighted by Crippen LogP contribution is 2.26. The molecule has 0 radical (unpaired) electrons. The first-order valence-corrected chi connectivity index (χ1v) is 6.66. The van der Waals surface area contributed by atoms with Crippen LogP contribution in [0, 0.1) is 5.92 Å². The largest absolute Gasteiger partial charge is 0.449 e. The van der Waals surface area contributed by atoms with Gasteiger partial charge in [0.05, 0.1) is 6.61 Å². The molecule has 0 saturated carbocycles. The minimum atomic E-state index is -0.284. The van der Waals surface area contributed by atoms with Crippen LogP contribution in [0.3, 0.4) is 0 Å². The molecule has 4 heteroatoms. The average molecular weight is 262 g/mol. The molecule has 1 fully saturated rings. The van der Waals surface area contributed by atoms with E-state index >= 15 is 0 Å². The molecule has 1 aliphatic heterocycles. The van der Waals surface area contributed by atoms with E-state index in [1.54, 1.807) is 4.90 Å². The Balaban J connectivity index is 2.19. The Morgan fingerprint density at radius 1 is 1.32 bits per heavy atom. The number of carbonyl (C=O) groups excluding carboxylic acids is 1. The van der Waals surface area contributed by atoms with Crippen molar-refractivity contribution in [3.8, 4) is 0 Å². The molecule has 1 aromatic carbocycles. The molecule has 2 N–H and O–H groups in total. The van der Waals surface area contributed by atoms with Crippen LogP contribution in [0.1, 0.15) is 26.3 Å². The molecule has 19 heavy (non-hydrogen) atoms. The lowest BCUT2D eigenvalue weighted by Gasteiger charge is -2.32. The van der Waals surface area contributed by atoms with E-state index in [0.717, 1.165) is 5.69 Å². The summed E-state index contributed by atoms with van der Waals surface area (Å²) in [5.41, 5.74) is 7.88. The van der Waals surface area contributed by atoms with Crippen molar-refractivity contribution in [2.75, 3.05) is 24.6 Å². The van der Waals surface area contributed by atoms with Crippen LogP contribution < -0.4 is 10.6 Å². The SMILES string of the molecule is CC(C)(C)c1ccc(N2CC(CN)COC2=O)cc1. The molecule has 0 spiro atoms. The summed E-state index contributed by atoms with van der Waals surface area (Å²) in [6.07, 6.45) is -0.284. The monoisotopic (exact) mass is 262 g/mol. The van der Waals surface area contributed by atoms with E-state index in [-0.39, 0.29) is 17.4 Å². The van der Waals surface area contributed by atoms with Crippen molar-refractivity contribution in [3.05, 3.63) is 29.8 Å². The summed E-state index contributed by atoms with van der Waals surface area (Å²) in [5.74, 6) is 0.208. The zero-order valence-corrected chi connectivity index (χ0v) is 11.8. The van der Waals surface area contributed by atoms with Gasteiger partial charge in [-0.05, 0) is 23.1 Å². The van der Waals surface area contributed by atoms with E-state index < -0.39 is 0 Å². The molecule has 1 aliphatic rings. The normalized spacial score (nSPS) is 20.3. The number of nitrogens with zero attached hydrogens (tertiary/aromatic N) is 1. The first-order valence-electron chi connectivity index (χ1n) is 6.66. The van der Waals surface area contributed by atoms with Crippen LogP contribution in [0.2, 0.25) is 0 Å². The third-order valence-electron chi connectivity index (χ3n) is 3.48. The van der Waals surface area contributed by atoms with Crippen LogP contribution in [0.15, 0.2) is 24.3 Å². The summed E-state index contributed by atoms with van der Waals surface area (Å²) in [5, 5.41) is 0. The van der Waals surface area contributed by atoms with Gasteiger partial charge < -0.3 is 10.5 Å². The molecule has 0 bridgehead atoms. The number of amides is 1. The summed E-state index contributed by atoms with van der Waals surface area (Å²) in [7, 11) is 0. The van der Waals surface area contributed by atoms with Gasteiger partial charge in [-0.3, -0.25) is 4.90 Å². The van der Waals surface area contributed by atoms with Gasteiger partial charge in [0.2, 0.25) is 0 Å².